The van der Waals surface area contributed by atoms with E-state index >= 15 is 0 Å². The third-order valence-electron chi connectivity index (χ3n) is 6.22. The molecular formula is C30H50O6. The summed E-state index contributed by atoms with van der Waals surface area (Å²) in [7, 11) is 0. The minimum atomic E-state index is -0.0453. The van der Waals surface area contributed by atoms with Crippen LogP contribution in [0.3, 0.4) is 0 Å². The molecule has 0 aliphatic heterocycles. The molecule has 0 spiro atoms. The highest BCUT2D eigenvalue weighted by Crippen LogP contribution is 2.23. The van der Waals surface area contributed by atoms with Crippen molar-refractivity contribution in [3.05, 3.63) is 23.8 Å². The maximum Gasteiger partial charge on any atom is 0.305 e. The fourth-order valence-electron chi connectivity index (χ4n) is 4.00. The number of hydrogen-bond donors (Lipinski definition) is 1. The summed E-state index contributed by atoms with van der Waals surface area (Å²) in [6.45, 7) is 4.11. The Morgan fingerprint density at radius 3 is 2.00 bits per heavy atom. The third-order valence-corrected chi connectivity index (χ3v) is 6.22. The van der Waals surface area contributed by atoms with Crippen LogP contribution in [0.15, 0.2) is 18.2 Å². The molecular weight excluding hydrogens is 456 g/mol. The average Bonchev–Trinajstić information content (AvgIpc) is 2.89. The second-order valence-corrected chi connectivity index (χ2v) is 9.51. The van der Waals surface area contributed by atoms with Crippen LogP contribution in [0.4, 0.5) is 0 Å². The lowest BCUT2D eigenvalue weighted by atomic mass is 10.1. The number of carbonyl (C=O) groups excluding carboxylic acids is 2. The van der Waals surface area contributed by atoms with E-state index in [9.17, 15) is 9.59 Å². The standard InChI is InChI=1S/C30H50O6/c1-2-3-4-5-6-9-13-18-30(33)36-24-16-11-8-7-10-15-22-34-28-19-20-29(27(25-28)26-32)35-23-17-12-14-21-31/h19-20,25-26,31H,2-18,21-24H2,1H3. The number of esters is 1. The van der Waals surface area contributed by atoms with Gasteiger partial charge < -0.3 is 19.3 Å². The minimum Gasteiger partial charge on any atom is -0.494 e. The first-order valence-electron chi connectivity index (χ1n) is 14.3. The van der Waals surface area contributed by atoms with Crippen LogP contribution >= 0.6 is 0 Å². The van der Waals surface area contributed by atoms with Crippen molar-refractivity contribution >= 4 is 12.3 Å². The molecule has 1 N–H and O–H groups in total. The number of hydrogen-bond acceptors (Lipinski definition) is 6. The van der Waals surface area contributed by atoms with Crippen molar-refractivity contribution in [3.63, 3.8) is 0 Å². The van der Waals surface area contributed by atoms with E-state index in [-0.39, 0.29) is 12.6 Å². The number of unbranched alkanes of at least 4 members (excludes halogenated alkanes) is 13. The van der Waals surface area contributed by atoms with Crippen molar-refractivity contribution in [2.75, 3.05) is 26.4 Å². The number of aliphatic hydroxyl groups excluding tert-OH is 1. The summed E-state index contributed by atoms with van der Waals surface area (Å²) in [4.78, 5) is 23.2. The zero-order chi connectivity index (χ0) is 26.1. The van der Waals surface area contributed by atoms with E-state index in [1.54, 1.807) is 12.1 Å². The zero-order valence-electron chi connectivity index (χ0n) is 22.6. The van der Waals surface area contributed by atoms with Crippen LogP contribution in [-0.2, 0) is 9.53 Å². The van der Waals surface area contributed by atoms with Gasteiger partial charge in [0.25, 0.3) is 0 Å². The zero-order valence-corrected chi connectivity index (χ0v) is 22.6. The smallest absolute Gasteiger partial charge is 0.305 e. The molecule has 0 heterocycles. The van der Waals surface area contributed by atoms with Gasteiger partial charge in [-0.2, -0.15) is 0 Å². The van der Waals surface area contributed by atoms with Gasteiger partial charge in [-0.05, 0) is 56.7 Å². The first kappa shape index (κ1) is 31.9. The topological polar surface area (TPSA) is 82.1 Å². The van der Waals surface area contributed by atoms with Gasteiger partial charge in [-0.3, -0.25) is 9.59 Å². The summed E-state index contributed by atoms with van der Waals surface area (Å²) in [6.07, 6.45) is 18.7. The number of ether oxygens (including phenoxy) is 3. The second kappa shape index (κ2) is 23.3. The van der Waals surface area contributed by atoms with E-state index in [0.717, 1.165) is 76.9 Å². The molecule has 36 heavy (non-hydrogen) atoms. The Bertz CT molecular complexity index is 675. The molecule has 0 aliphatic rings. The Balaban J connectivity index is 1.98. The molecule has 0 aliphatic carbocycles. The number of carbonyl (C=O) groups is 2. The van der Waals surface area contributed by atoms with Crippen LogP contribution in [0.5, 0.6) is 11.5 Å². The van der Waals surface area contributed by atoms with Gasteiger partial charge in [0.1, 0.15) is 11.5 Å². The van der Waals surface area contributed by atoms with Crippen LogP contribution in [0, 0.1) is 0 Å². The lowest BCUT2D eigenvalue weighted by molar-refractivity contribution is -0.143. The van der Waals surface area contributed by atoms with E-state index in [0.29, 0.717) is 43.3 Å². The molecule has 0 saturated carbocycles. The summed E-state index contributed by atoms with van der Waals surface area (Å²) >= 11 is 0. The summed E-state index contributed by atoms with van der Waals surface area (Å²) in [6, 6.07) is 5.35. The van der Waals surface area contributed by atoms with Crippen molar-refractivity contribution < 1.29 is 28.9 Å². The monoisotopic (exact) mass is 506 g/mol. The van der Waals surface area contributed by atoms with Crippen LogP contribution in [-0.4, -0.2) is 43.8 Å². The van der Waals surface area contributed by atoms with Crippen molar-refractivity contribution in [1.82, 2.24) is 0 Å². The quantitative estimate of drug-likeness (QED) is 0.0843. The summed E-state index contributed by atoms with van der Waals surface area (Å²) < 4.78 is 16.8. The average molecular weight is 507 g/mol. The van der Waals surface area contributed by atoms with Crippen molar-refractivity contribution in [1.29, 1.82) is 0 Å². The molecule has 1 aromatic rings. The van der Waals surface area contributed by atoms with Crippen LogP contribution in [0.1, 0.15) is 126 Å². The molecule has 0 fully saturated rings. The molecule has 6 nitrogen and oxygen atoms in total. The molecule has 0 radical (unpaired) electrons. The largest absolute Gasteiger partial charge is 0.494 e. The minimum absolute atomic E-state index is 0.0453. The molecule has 0 amide bonds. The fraction of sp³-hybridized carbons (Fsp3) is 0.733. The summed E-state index contributed by atoms with van der Waals surface area (Å²) in [5, 5.41) is 8.81. The Morgan fingerprint density at radius 2 is 1.33 bits per heavy atom. The molecule has 0 saturated heterocycles. The third kappa shape index (κ3) is 17.4. The Labute approximate surface area is 219 Å². The number of aldehydes is 1. The normalized spacial score (nSPS) is 10.8. The molecule has 1 rings (SSSR count). The predicted octanol–water partition coefficient (Wildman–Crippen LogP) is 7.44. The second-order valence-electron chi connectivity index (χ2n) is 9.51. The molecule has 0 atom stereocenters. The highest BCUT2D eigenvalue weighted by Gasteiger charge is 2.06. The lowest BCUT2D eigenvalue weighted by Gasteiger charge is -2.11. The van der Waals surface area contributed by atoms with Gasteiger partial charge in [0, 0.05) is 13.0 Å². The van der Waals surface area contributed by atoms with Gasteiger partial charge in [0.05, 0.1) is 25.4 Å². The molecule has 1 aromatic carbocycles. The van der Waals surface area contributed by atoms with Gasteiger partial charge in [0.2, 0.25) is 0 Å². The van der Waals surface area contributed by atoms with Crippen LogP contribution in [0.2, 0.25) is 0 Å². The van der Waals surface area contributed by atoms with Gasteiger partial charge in [0.15, 0.2) is 6.29 Å². The molecule has 0 unspecified atom stereocenters. The van der Waals surface area contributed by atoms with E-state index in [4.69, 9.17) is 19.3 Å². The van der Waals surface area contributed by atoms with E-state index in [1.165, 1.54) is 32.1 Å². The Morgan fingerprint density at radius 1 is 0.750 bits per heavy atom. The SMILES string of the molecule is CCCCCCCCCC(=O)OCCCCCCCCOc1ccc(OCCCCCO)c(C=O)c1. The molecule has 206 valence electrons. The predicted molar refractivity (Wildman–Crippen MR) is 145 cm³/mol. The van der Waals surface area contributed by atoms with Crippen molar-refractivity contribution in [3.8, 4) is 11.5 Å². The highest BCUT2D eigenvalue weighted by molar-refractivity contribution is 5.80. The maximum atomic E-state index is 11.8. The van der Waals surface area contributed by atoms with Crippen molar-refractivity contribution in [2.24, 2.45) is 0 Å². The molecule has 0 aromatic heterocycles. The van der Waals surface area contributed by atoms with Crippen molar-refractivity contribution in [2.45, 2.75) is 116 Å². The fourth-order valence-corrected chi connectivity index (χ4v) is 4.00. The summed E-state index contributed by atoms with van der Waals surface area (Å²) in [5.41, 5.74) is 0.498. The van der Waals surface area contributed by atoms with E-state index < -0.39 is 0 Å². The Kier molecular flexibility index (Phi) is 20.7. The Hall–Kier alpha value is -2.08. The van der Waals surface area contributed by atoms with Gasteiger partial charge in [-0.25, -0.2) is 0 Å². The summed E-state index contributed by atoms with van der Waals surface area (Å²) in [5.74, 6) is 1.21. The number of rotatable bonds is 25. The molecule has 6 heteroatoms. The van der Waals surface area contributed by atoms with Gasteiger partial charge >= 0.3 is 5.97 Å². The number of aliphatic hydroxyl groups is 1. The number of benzene rings is 1. The molecule has 0 bridgehead atoms. The van der Waals surface area contributed by atoms with E-state index in [2.05, 4.69) is 6.92 Å². The van der Waals surface area contributed by atoms with Gasteiger partial charge in [-0.1, -0.05) is 71.1 Å². The van der Waals surface area contributed by atoms with Crippen LogP contribution in [0.25, 0.3) is 0 Å². The maximum absolute atomic E-state index is 11.8. The van der Waals surface area contributed by atoms with Crippen LogP contribution < -0.4 is 9.47 Å². The lowest BCUT2D eigenvalue weighted by Crippen LogP contribution is -2.05. The van der Waals surface area contributed by atoms with E-state index in [1.807, 2.05) is 6.07 Å². The first-order chi connectivity index (χ1) is 17.7. The van der Waals surface area contributed by atoms with Gasteiger partial charge in [-0.15, -0.1) is 0 Å². The first-order valence-corrected chi connectivity index (χ1v) is 14.3. The highest BCUT2D eigenvalue weighted by atomic mass is 16.5.